The minimum absolute atomic E-state index is 0.142. The summed E-state index contributed by atoms with van der Waals surface area (Å²) in [6.07, 6.45) is 1.10. The van der Waals surface area contributed by atoms with Crippen LogP contribution in [-0.4, -0.2) is 55.1 Å². The summed E-state index contributed by atoms with van der Waals surface area (Å²) in [6.45, 7) is 2.93. The Kier molecular flexibility index (Phi) is 7.11. The number of sulfone groups is 1. The Morgan fingerprint density at radius 1 is 0.800 bits per heavy atom. The lowest BCUT2D eigenvalue weighted by Crippen LogP contribution is -2.50. The van der Waals surface area contributed by atoms with Gasteiger partial charge < -0.3 is 15.3 Å². The van der Waals surface area contributed by atoms with Gasteiger partial charge in [-0.1, -0.05) is 24.3 Å². The van der Waals surface area contributed by atoms with Crippen molar-refractivity contribution in [2.24, 2.45) is 0 Å². The first-order valence-electron chi connectivity index (χ1n) is 10.6. The van der Waals surface area contributed by atoms with Gasteiger partial charge in [0, 0.05) is 30.1 Å². The number of carbonyl (C=O) groups is 3. The molecule has 0 bridgehead atoms. The fourth-order valence-electron chi connectivity index (χ4n) is 3.20. The predicted molar refractivity (Wildman–Crippen MR) is 133 cm³/mol. The predicted octanol–water partition coefficient (Wildman–Crippen LogP) is 3.94. The van der Waals surface area contributed by atoms with E-state index in [2.05, 4.69) is 5.32 Å². The molecule has 0 heterocycles. The summed E-state index contributed by atoms with van der Waals surface area (Å²) in [5, 5.41) is 12.1. The number of hydrogen-bond donors (Lipinski definition) is 2. The summed E-state index contributed by atoms with van der Waals surface area (Å²) < 4.78 is 23.1. The van der Waals surface area contributed by atoms with Crippen LogP contribution in [0.15, 0.2) is 77.7 Å². The topological polar surface area (TPSA) is 121 Å². The second-order valence-electron chi connectivity index (χ2n) is 8.63. The Morgan fingerprint density at radius 2 is 1.26 bits per heavy atom. The number of carboxylic acid groups (broad SMARTS) is 1. The zero-order valence-electron chi connectivity index (χ0n) is 19.8. The number of likely N-dealkylation sites (N-methyl/N-ethyl adjacent to an activating group) is 1. The van der Waals surface area contributed by atoms with Gasteiger partial charge in [0.15, 0.2) is 9.84 Å². The highest BCUT2D eigenvalue weighted by Crippen LogP contribution is 2.24. The van der Waals surface area contributed by atoms with Crippen molar-refractivity contribution in [1.29, 1.82) is 0 Å². The number of carbonyl (C=O) groups excluding carboxylic acids is 2. The molecule has 0 fully saturated rings. The van der Waals surface area contributed by atoms with E-state index in [0.717, 1.165) is 17.4 Å². The number of anilines is 1. The SMILES string of the molecule is CN(C(=O)c1ccc(-c2ccc(NC(=O)c3ccc(S(C)(=O)=O)cc3)cc2)cc1)C(C)(C)C(=O)O. The van der Waals surface area contributed by atoms with E-state index < -0.39 is 27.3 Å². The first-order valence-corrected chi connectivity index (χ1v) is 12.5. The fourth-order valence-corrected chi connectivity index (χ4v) is 3.83. The number of nitrogens with one attached hydrogen (secondary N) is 1. The van der Waals surface area contributed by atoms with E-state index in [-0.39, 0.29) is 10.8 Å². The van der Waals surface area contributed by atoms with Crippen LogP contribution < -0.4 is 5.32 Å². The third-order valence-corrected chi connectivity index (χ3v) is 6.95. The van der Waals surface area contributed by atoms with Gasteiger partial charge in [0.2, 0.25) is 0 Å². The zero-order chi connectivity index (χ0) is 26.0. The highest BCUT2D eigenvalue weighted by atomic mass is 32.2. The van der Waals surface area contributed by atoms with E-state index in [1.54, 1.807) is 36.4 Å². The molecule has 0 aliphatic rings. The summed E-state index contributed by atoms with van der Waals surface area (Å²) >= 11 is 0. The van der Waals surface area contributed by atoms with Gasteiger partial charge in [-0.3, -0.25) is 9.59 Å². The zero-order valence-corrected chi connectivity index (χ0v) is 20.6. The maximum atomic E-state index is 12.7. The van der Waals surface area contributed by atoms with Crippen molar-refractivity contribution in [3.63, 3.8) is 0 Å². The Morgan fingerprint density at radius 3 is 1.71 bits per heavy atom. The van der Waals surface area contributed by atoms with Gasteiger partial charge in [-0.15, -0.1) is 0 Å². The van der Waals surface area contributed by atoms with Crippen molar-refractivity contribution < 1.29 is 27.9 Å². The highest BCUT2D eigenvalue weighted by Gasteiger charge is 2.35. The third-order valence-electron chi connectivity index (χ3n) is 5.82. The van der Waals surface area contributed by atoms with Crippen LogP contribution in [0.4, 0.5) is 5.69 Å². The molecule has 3 aromatic rings. The fraction of sp³-hybridized carbons (Fsp3) is 0.192. The molecule has 182 valence electrons. The smallest absolute Gasteiger partial charge is 0.329 e. The lowest BCUT2D eigenvalue weighted by molar-refractivity contribution is -0.147. The van der Waals surface area contributed by atoms with E-state index in [1.807, 2.05) is 12.1 Å². The van der Waals surface area contributed by atoms with Gasteiger partial charge >= 0.3 is 5.97 Å². The van der Waals surface area contributed by atoms with Gasteiger partial charge in [-0.05, 0) is 73.5 Å². The Bertz CT molecular complexity index is 1360. The van der Waals surface area contributed by atoms with Crippen LogP contribution in [-0.2, 0) is 14.6 Å². The molecule has 2 amide bonds. The normalized spacial score (nSPS) is 11.5. The molecule has 0 aromatic heterocycles. The number of rotatable bonds is 7. The molecule has 2 N–H and O–H groups in total. The molecule has 0 saturated heterocycles. The van der Waals surface area contributed by atoms with Crippen molar-refractivity contribution >= 4 is 33.3 Å². The number of nitrogens with zero attached hydrogens (tertiary/aromatic N) is 1. The monoisotopic (exact) mass is 494 g/mol. The Labute approximate surface area is 204 Å². The van der Waals surface area contributed by atoms with Crippen LogP contribution in [0, 0.1) is 0 Å². The second-order valence-corrected chi connectivity index (χ2v) is 10.6. The Balaban J connectivity index is 1.69. The maximum Gasteiger partial charge on any atom is 0.329 e. The van der Waals surface area contributed by atoms with Crippen LogP contribution in [0.1, 0.15) is 34.6 Å². The average molecular weight is 495 g/mol. The van der Waals surface area contributed by atoms with E-state index in [4.69, 9.17) is 0 Å². The van der Waals surface area contributed by atoms with Gasteiger partial charge in [0.1, 0.15) is 5.54 Å². The van der Waals surface area contributed by atoms with Gasteiger partial charge in [0.25, 0.3) is 11.8 Å². The minimum Gasteiger partial charge on any atom is -0.480 e. The van der Waals surface area contributed by atoms with E-state index in [0.29, 0.717) is 16.8 Å². The standard InChI is InChI=1S/C26H26N2O6S/c1-26(2,25(31)32)28(3)24(30)20-7-5-17(6-8-20)18-9-13-21(14-10-18)27-23(29)19-11-15-22(16-12-19)35(4,33)34/h5-16H,1-4H3,(H,27,29)(H,31,32). The second kappa shape index (κ2) is 9.71. The summed E-state index contributed by atoms with van der Waals surface area (Å²) in [7, 11) is -1.88. The number of carboxylic acids is 1. The van der Waals surface area contributed by atoms with Crippen LogP contribution in [0.5, 0.6) is 0 Å². The van der Waals surface area contributed by atoms with E-state index >= 15 is 0 Å². The summed E-state index contributed by atoms with van der Waals surface area (Å²) in [4.78, 5) is 37.9. The number of aliphatic carboxylic acids is 1. The Hall–Kier alpha value is -3.98. The summed E-state index contributed by atoms with van der Waals surface area (Å²) in [5.74, 6) is -1.86. The van der Waals surface area contributed by atoms with Crippen molar-refractivity contribution in [2.45, 2.75) is 24.3 Å². The number of amides is 2. The molecule has 3 aromatic carbocycles. The third kappa shape index (κ3) is 5.75. The lowest BCUT2D eigenvalue weighted by Gasteiger charge is -2.31. The molecule has 0 unspecified atom stereocenters. The quantitative estimate of drug-likeness (QED) is 0.513. The molecular formula is C26H26N2O6S. The molecule has 0 radical (unpaired) electrons. The van der Waals surface area contributed by atoms with Gasteiger partial charge in [0.05, 0.1) is 4.90 Å². The first-order chi connectivity index (χ1) is 16.3. The van der Waals surface area contributed by atoms with Gasteiger partial charge in [-0.2, -0.15) is 0 Å². The molecule has 35 heavy (non-hydrogen) atoms. The maximum absolute atomic E-state index is 12.7. The highest BCUT2D eigenvalue weighted by molar-refractivity contribution is 7.90. The first kappa shape index (κ1) is 25.6. The molecule has 0 saturated carbocycles. The lowest BCUT2D eigenvalue weighted by atomic mass is 10.0. The molecule has 0 atom stereocenters. The number of benzene rings is 3. The van der Waals surface area contributed by atoms with Crippen molar-refractivity contribution in [2.75, 3.05) is 18.6 Å². The molecule has 8 nitrogen and oxygen atoms in total. The van der Waals surface area contributed by atoms with Crippen LogP contribution in [0.25, 0.3) is 11.1 Å². The molecule has 0 aliphatic carbocycles. The van der Waals surface area contributed by atoms with Crippen LogP contribution in [0.3, 0.4) is 0 Å². The van der Waals surface area contributed by atoms with Gasteiger partial charge in [-0.25, -0.2) is 13.2 Å². The van der Waals surface area contributed by atoms with Crippen molar-refractivity contribution in [1.82, 2.24) is 4.90 Å². The van der Waals surface area contributed by atoms with Crippen LogP contribution in [0.2, 0.25) is 0 Å². The average Bonchev–Trinajstić information content (AvgIpc) is 2.83. The van der Waals surface area contributed by atoms with E-state index in [9.17, 15) is 27.9 Å². The minimum atomic E-state index is -3.33. The van der Waals surface area contributed by atoms with Crippen LogP contribution >= 0.6 is 0 Å². The summed E-state index contributed by atoms with van der Waals surface area (Å²) in [5.41, 5.74) is 1.63. The van der Waals surface area contributed by atoms with Crippen molar-refractivity contribution in [3.8, 4) is 11.1 Å². The van der Waals surface area contributed by atoms with Crippen molar-refractivity contribution in [3.05, 3.63) is 83.9 Å². The van der Waals surface area contributed by atoms with E-state index in [1.165, 1.54) is 50.1 Å². The molecule has 0 spiro atoms. The largest absolute Gasteiger partial charge is 0.480 e. The molecule has 9 heteroatoms. The molecule has 0 aliphatic heterocycles. The molecule has 3 rings (SSSR count). The molecular weight excluding hydrogens is 468 g/mol. The number of hydrogen-bond acceptors (Lipinski definition) is 5. The summed E-state index contributed by atoms with van der Waals surface area (Å²) in [6, 6.07) is 19.6.